The maximum absolute atomic E-state index is 12.6. The molecule has 8 nitrogen and oxygen atoms in total. The molecule has 1 atom stereocenters. The third kappa shape index (κ3) is 5.09. The third-order valence-electron chi connectivity index (χ3n) is 4.83. The molecule has 2 aliphatic rings. The number of rotatable bonds is 6. The summed E-state index contributed by atoms with van der Waals surface area (Å²) in [5, 5.41) is 10.1. The van der Waals surface area contributed by atoms with Gasteiger partial charge >= 0.3 is 0 Å². The van der Waals surface area contributed by atoms with E-state index in [0.29, 0.717) is 18.0 Å². The summed E-state index contributed by atoms with van der Waals surface area (Å²) in [6.07, 6.45) is 2.79. The second-order valence-corrected chi connectivity index (χ2v) is 10.7. The van der Waals surface area contributed by atoms with Crippen molar-refractivity contribution < 1.29 is 18.0 Å². The van der Waals surface area contributed by atoms with Gasteiger partial charge in [-0.15, -0.1) is 0 Å². The van der Waals surface area contributed by atoms with Crippen LogP contribution in [0, 0.1) is 0 Å². The van der Waals surface area contributed by atoms with Gasteiger partial charge in [0.1, 0.15) is 5.69 Å². The van der Waals surface area contributed by atoms with Gasteiger partial charge in [0.2, 0.25) is 5.91 Å². The minimum atomic E-state index is -3.02. The van der Waals surface area contributed by atoms with Gasteiger partial charge in [-0.05, 0) is 46.1 Å². The van der Waals surface area contributed by atoms with Crippen molar-refractivity contribution in [3.63, 3.8) is 0 Å². The monoisotopic (exact) mass is 396 g/mol. The average Bonchev–Trinajstić information content (AvgIpc) is 3.19. The summed E-state index contributed by atoms with van der Waals surface area (Å²) >= 11 is 0. The first-order valence-corrected chi connectivity index (χ1v) is 11.3. The molecule has 1 saturated carbocycles. The molecule has 0 unspecified atom stereocenters. The fourth-order valence-corrected chi connectivity index (χ4v) is 4.91. The highest BCUT2D eigenvalue weighted by atomic mass is 32.2. The predicted molar refractivity (Wildman–Crippen MR) is 101 cm³/mol. The zero-order valence-electron chi connectivity index (χ0n) is 16.1. The number of aromatic nitrogens is 2. The van der Waals surface area contributed by atoms with E-state index < -0.39 is 9.84 Å². The first kappa shape index (κ1) is 19.9. The molecule has 1 saturated heterocycles. The molecule has 27 heavy (non-hydrogen) atoms. The van der Waals surface area contributed by atoms with Crippen LogP contribution in [0.3, 0.4) is 0 Å². The number of nitrogens with zero attached hydrogens (tertiary/aromatic N) is 2. The number of amides is 2. The highest BCUT2D eigenvalue weighted by Gasteiger charge is 2.31. The lowest BCUT2D eigenvalue weighted by molar-refractivity contribution is -0.121. The number of hydrogen-bond acceptors (Lipinski definition) is 5. The Labute approximate surface area is 160 Å². The second kappa shape index (κ2) is 7.26. The molecule has 2 N–H and O–H groups in total. The van der Waals surface area contributed by atoms with E-state index in [1.807, 2.05) is 26.8 Å². The minimum absolute atomic E-state index is 0.000188. The van der Waals surface area contributed by atoms with E-state index in [1.54, 1.807) is 4.68 Å². The topological polar surface area (TPSA) is 110 Å². The molecule has 3 rings (SSSR count). The maximum Gasteiger partial charge on any atom is 0.269 e. The van der Waals surface area contributed by atoms with Crippen LogP contribution in [0.4, 0.5) is 0 Å². The lowest BCUT2D eigenvalue weighted by Crippen LogP contribution is -2.38. The Morgan fingerprint density at radius 1 is 1.26 bits per heavy atom. The zero-order chi connectivity index (χ0) is 19.8. The number of carbonyl (C=O) groups excluding carboxylic acids is 2. The Hall–Kier alpha value is -1.90. The van der Waals surface area contributed by atoms with Crippen molar-refractivity contribution in [3.05, 3.63) is 17.5 Å². The average molecular weight is 397 g/mol. The Morgan fingerprint density at radius 3 is 2.52 bits per heavy atom. The molecular weight excluding hydrogens is 368 g/mol. The van der Waals surface area contributed by atoms with E-state index in [0.717, 1.165) is 18.5 Å². The van der Waals surface area contributed by atoms with Gasteiger partial charge in [-0.2, -0.15) is 5.10 Å². The Balaban J connectivity index is 1.53. The third-order valence-corrected chi connectivity index (χ3v) is 6.60. The zero-order valence-corrected chi connectivity index (χ0v) is 16.9. The fraction of sp³-hybridized carbons (Fsp3) is 0.722. The summed E-state index contributed by atoms with van der Waals surface area (Å²) in [5.74, 6) is 0.0730. The molecule has 2 fully saturated rings. The van der Waals surface area contributed by atoms with Gasteiger partial charge in [0, 0.05) is 24.9 Å². The number of nitrogens with one attached hydrogen (secondary N) is 2. The van der Waals surface area contributed by atoms with Crippen LogP contribution >= 0.6 is 0 Å². The van der Waals surface area contributed by atoms with Crippen molar-refractivity contribution >= 4 is 21.7 Å². The number of hydrogen-bond donors (Lipinski definition) is 2. The number of sulfone groups is 1. The summed E-state index contributed by atoms with van der Waals surface area (Å²) in [5.41, 5.74) is 1.15. The van der Waals surface area contributed by atoms with Gasteiger partial charge in [0.05, 0.1) is 22.7 Å². The summed E-state index contributed by atoms with van der Waals surface area (Å²) in [4.78, 5) is 24.6. The molecule has 2 amide bonds. The number of carbonyl (C=O) groups is 2. The minimum Gasteiger partial charge on any atom is -0.352 e. The van der Waals surface area contributed by atoms with Crippen LogP contribution in [0.15, 0.2) is 6.07 Å². The molecule has 1 aromatic rings. The van der Waals surface area contributed by atoms with Crippen LogP contribution in [0.5, 0.6) is 0 Å². The SMILES string of the molecule is CC(C)(C)n1nc(C2CC2)cc1C(=O)NCCC(=O)N[C@@H]1CCS(=O)(=O)C1. The van der Waals surface area contributed by atoms with Crippen LogP contribution in [0.1, 0.15) is 68.6 Å². The lowest BCUT2D eigenvalue weighted by atomic mass is 10.1. The molecule has 1 aliphatic heterocycles. The van der Waals surface area contributed by atoms with Gasteiger partial charge in [-0.3, -0.25) is 14.3 Å². The van der Waals surface area contributed by atoms with E-state index in [4.69, 9.17) is 0 Å². The van der Waals surface area contributed by atoms with Gasteiger partial charge in [0.15, 0.2) is 9.84 Å². The normalized spacial score (nSPS) is 21.8. The summed E-state index contributed by atoms with van der Waals surface area (Å²) in [6, 6.07) is 1.53. The van der Waals surface area contributed by atoms with E-state index in [-0.39, 0.29) is 47.9 Å². The summed E-state index contributed by atoms with van der Waals surface area (Å²) in [7, 11) is -3.02. The smallest absolute Gasteiger partial charge is 0.269 e. The van der Waals surface area contributed by atoms with Crippen molar-refractivity contribution in [2.24, 2.45) is 0 Å². The maximum atomic E-state index is 12.6. The molecule has 0 aromatic carbocycles. The highest BCUT2D eigenvalue weighted by Crippen LogP contribution is 2.40. The van der Waals surface area contributed by atoms with E-state index in [9.17, 15) is 18.0 Å². The Bertz CT molecular complexity index is 834. The largest absolute Gasteiger partial charge is 0.352 e. The van der Waals surface area contributed by atoms with Gasteiger partial charge in [-0.25, -0.2) is 8.42 Å². The van der Waals surface area contributed by atoms with Crippen LogP contribution in [0.2, 0.25) is 0 Å². The van der Waals surface area contributed by atoms with E-state index in [1.165, 1.54) is 0 Å². The van der Waals surface area contributed by atoms with Crippen molar-refractivity contribution in [1.82, 2.24) is 20.4 Å². The van der Waals surface area contributed by atoms with Crippen molar-refractivity contribution in [2.45, 2.75) is 64.0 Å². The second-order valence-electron chi connectivity index (χ2n) is 8.48. The predicted octanol–water partition coefficient (Wildman–Crippen LogP) is 0.939. The van der Waals surface area contributed by atoms with Crippen LogP contribution < -0.4 is 10.6 Å². The van der Waals surface area contributed by atoms with Gasteiger partial charge in [-0.1, -0.05) is 0 Å². The molecule has 0 bridgehead atoms. The van der Waals surface area contributed by atoms with Crippen LogP contribution in [-0.4, -0.2) is 54.1 Å². The fourth-order valence-electron chi connectivity index (χ4n) is 3.24. The Morgan fingerprint density at radius 2 is 1.96 bits per heavy atom. The molecule has 2 heterocycles. The standard InChI is InChI=1S/C18H28N4O4S/c1-18(2,3)22-15(10-14(21-22)12-4-5-12)17(24)19-8-6-16(23)20-13-7-9-27(25,26)11-13/h10,12-13H,4-9,11H2,1-3H3,(H,19,24)(H,20,23)/t13-/m1/s1. The summed E-state index contributed by atoms with van der Waals surface area (Å²) in [6.45, 7) is 6.18. The highest BCUT2D eigenvalue weighted by molar-refractivity contribution is 7.91. The van der Waals surface area contributed by atoms with Gasteiger partial charge < -0.3 is 10.6 Å². The van der Waals surface area contributed by atoms with Crippen LogP contribution in [-0.2, 0) is 20.2 Å². The molecule has 1 aromatic heterocycles. The van der Waals surface area contributed by atoms with Crippen molar-refractivity contribution in [3.8, 4) is 0 Å². The van der Waals surface area contributed by atoms with E-state index >= 15 is 0 Å². The molecule has 1 aliphatic carbocycles. The quantitative estimate of drug-likeness (QED) is 0.744. The molecular formula is C18H28N4O4S. The molecule has 9 heteroatoms. The lowest BCUT2D eigenvalue weighted by Gasteiger charge is -2.22. The van der Waals surface area contributed by atoms with Gasteiger partial charge in [0.25, 0.3) is 5.91 Å². The first-order valence-electron chi connectivity index (χ1n) is 9.43. The van der Waals surface area contributed by atoms with Crippen molar-refractivity contribution in [1.29, 1.82) is 0 Å². The first-order chi connectivity index (χ1) is 12.5. The van der Waals surface area contributed by atoms with Crippen molar-refractivity contribution in [2.75, 3.05) is 18.1 Å². The molecule has 150 valence electrons. The molecule has 0 spiro atoms. The summed E-state index contributed by atoms with van der Waals surface area (Å²) < 4.78 is 24.6. The Kier molecular flexibility index (Phi) is 5.33. The van der Waals surface area contributed by atoms with E-state index in [2.05, 4.69) is 15.7 Å². The van der Waals surface area contributed by atoms with Crippen LogP contribution in [0.25, 0.3) is 0 Å². The molecule has 0 radical (unpaired) electrons.